The lowest BCUT2D eigenvalue weighted by Gasteiger charge is -2.32. The van der Waals surface area contributed by atoms with E-state index in [2.05, 4.69) is 5.32 Å². The van der Waals surface area contributed by atoms with Gasteiger partial charge in [-0.1, -0.05) is 77.8 Å². The second kappa shape index (κ2) is 12.3. The monoisotopic (exact) mass is 513 g/mol. The highest BCUT2D eigenvalue weighted by molar-refractivity contribution is 6.35. The summed E-state index contributed by atoms with van der Waals surface area (Å²) in [5.41, 5.74) is 1.59. The summed E-state index contributed by atoms with van der Waals surface area (Å²) >= 11 is 12.4. The molecule has 0 saturated heterocycles. The van der Waals surface area contributed by atoms with Crippen LogP contribution in [0.1, 0.15) is 23.6 Å². The third-order valence-electron chi connectivity index (χ3n) is 5.51. The van der Waals surface area contributed by atoms with Crippen molar-refractivity contribution in [3.05, 3.63) is 110 Å². The minimum atomic E-state index is -0.862. The third kappa shape index (κ3) is 7.04. The molecule has 9 heteroatoms. The molecule has 1 atom stereocenters. The number of rotatable bonds is 10. The van der Waals surface area contributed by atoms with Crippen LogP contribution in [0.2, 0.25) is 10.0 Å². The van der Waals surface area contributed by atoms with Gasteiger partial charge in [-0.25, -0.2) is 0 Å². The molecule has 0 fully saturated rings. The summed E-state index contributed by atoms with van der Waals surface area (Å²) in [5, 5.41) is 15.1. The van der Waals surface area contributed by atoms with E-state index in [1.807, 2.05) is 30.3 Å². The SMILES string of the molecule is CCNC(=O)C(Cc1ccccc1)N(Cc1ccc(Cl)cc1Cl)C(=O)Cc1ccccc1[N+](=O)[O-]. The second-order valence-corrected chi connectivity index (χ2v) is 8.76. The predicted octanol–water partition coefficient (Wildman–Crippen LogP) is 5.22. The Hall–Kier alpha value is -3.42. The molecule has 3 rings (SSSR count). The summed E-state index contributed by atoms with van der Waals surface area (Å²) in [6.45, 7) is 2.22. The molecule has 0 radical (unpaired) electrons. The number of carbonyl (C=O) groups is 2. The van der Waals surface area contributed by atoms with Crippen molar-refractivity contribution in [3.8, 4) is 0 Å². The summed E-state index contributed by atoms with van der Waals surface area (Å²) in [4.78, 5) is 39.3. The van der Waals surface area contributed by atoms with Gasteiger partial charge in [0.1, 0.15) is 6.04 Å². The van der Waals surface area contributed by atoms with E-state index in [-0.39, 0.29) is 36.5 Å². The number of nitrogens with zero attached hydrogens (tertiary/aromatic N) is 2. The van der Waals surface area contributed by atoms with E-state index in [4.69, 9.17) is 23.2 Å². The fraction of sp³-hybridized carbons (Fsp3) is 0.231. The number of hydrogen-bond acceptors (Lipinski definition) is 4. The Balaban J connectivity index is 2.02. The highest BCUT2D eigenvalue weighted by atomic mass is 35.5. The number of halogens is 2. The molecule has 35 heavy (non-hydrogen) atoms. The first-order valence-electron chi connectivity index (χ1n) is 11.1. The number of nitro benzene ring substituents is 1. The van der Waals surface area contributed by atoms with Gasteiger partial charge in [-0.2, -0.15) is 0 Å². The molecule has 1 N–H and O–H groups in total. The Kier molecular flexibility index (Phi) is 9.23. The van der Waals surface area contributed by atoms with Gasteiger partial charge in [-0.05, 0) is 30.2 Å². The molecule has 2 amide bonds. The van der Waals surface area contributed by atoms with Gasteiger partial charge in [-0.3, -0.25) is 19.7 Å². The van der Waals surface area contributed by atoms with Crippen LogP contribution < -0.4 is 5.32 Å². The lowest BCUT2D eigenvalue weighted by atomic mass is 10.0. The molecule has 3 aromatic rings. The molecule has 7 nitrogen and oxygen atoms in total. The molecule has 1 unspecified atom stereocenters. The maximum absolute atomic E-state index is 13.7. The Morgan fingerprint density at radius 3 is 2.34 bits per heavy atom. The number of nitrogens with one attached hydrogen (secondary N) is 1. The molecule has 0 aliphatic carbocycles. The fourth-order valence-electron chi connectivity index (χ4n) is 3.78. The van der Waals surface area contributed by atoms with Crippen LogP contribution in [0.5, 0.6) is 0 Å². The van der Waals surface area contributed by atoms with Crippen LogP contribution in [0, 0.1) is 10.1 Å². The molecule has 0 saturated carbocycles. The Labute approximate surface area is 213 Å². The van der Waals surface area contributed by atoms with Crippen molar-refractivity contribution in [2.75, 3.05) is 6.54 Å². The van der Waals surface area contributed by atoms with Gasteiger partial charge in [0.05, 0.1) is 11.3 Å². The Morgan fingerprint density at radius 1 is 1.00 bits per heavy atom. The molecule has 3 aromatic carbocycles. The van der Waals surface area contributed by atoms with Gasteiger partial charge in [0.15, 0.2) is 0 Å². The fourth-order valence-corrected chi connectivity index (χ4v) is 4.25. The molecule has 0 heterocycles. The lowest BCUT2D eigenvalue weighted by molar-refractivity contribution is -0.385. The topological polar surface area (TPSA) is 92.6 Å². The summed E-state index contributed by atoms with van der Waals surface area (Å²) < 4.78 is 0. The maximum Gasteiger partial charge on any atom is 0.273 e. The smallest absolute Gasteiger partial charge is 0.273 e. The van der Waals surface area contributed by atoms with Crippen LogP contribution in [-0.4, -0.2) is 34.2 Å². The first kappa shape index (κ1) is 26.2. The van der Waals surface area contributed by atoms with Crippen molar-refractivity contribution in [1.29, 1.82) is 0 Å². The van der Waals surface area contributed by atoms with Crippen molar-refractivity contribution in [2.24, 2.45) is 0 Å². The standard InChI is InChI=1S/C26H25Cl2N3O4/c1-2-29-26(33)24(14-18-8-4-3-5-9-18)30(17-20-12-13-21(27)16-22(20)28)25(32)15-19-10-6-7-11-23(19)31(34)35/h3-13,16,24H,2,14-15,17H2,1H3,(H,29,33). The zero-order valence-corrected chi connectivity index (χ0v) is 20.6. The molecule has 0 spiro atoms. The van der Waals surface area contributed by atoms with Gasteiger partial charge in [-0.15, -0.1) is 0 Å². The quantitative estimate of drug-likeness (QED) is 0.297. The summed E-state index contributed by atoms with van der Waals surface area (Å²) in [6.07, 6.45) is 0.0214. The van der Waals surface area contributed by atoms with E-state index < -0.39 is 16.9 Å². The van der Waals surface area contributed by atoms with E-state index >= 15 is 0 Å². The van der Waals surface area contributed by atoms with Crippen molar-refractivity contribution in [1.82, 2.24) is 10.2 Å². The van der Waals surface area contributed by atoms with E-state index in [0.29, 0.717) is 22.2 Å². The Bertz CT molecular complexity index is 1200. The minimum absolute atomic E-state index is 0.0318. The van der Waals surface area contributed by atoms with E-state index in [1.165, 1.54) is 11.0 Å². The average Bonchev–Trinajstić information content (AvgIpc) is 2.83. The first-order valence-corrected chi connectivity index (χ1v) is 11.8. The number of likely N-dealkylation sites (N-methyl/N-ethyl adjacent to an activating group) is 1. The number of hydrogen-bond donors (Lipinski definition) is 1. The second-order valence-electron chi connectivity index (χ2n) is 7.92. The molecule has 0 aromatic heterocycles. The molecular formula is C26H25Cl2N3O4. The van der Waals surface area contributed by atoms with Crippen LogP contribution in [0.3, 0.4) is 0 Å². The summed E-state index contributed by atoms with van der Waals surface area (Å²) in [7, 11) is 0. The van der Waals surface area contributed by atoms with Crippen LogP contribution in [0.15, 0.2) is 72.8 Å². The molecule has 182 valence electrons. The van der Waals surface area contributed by atoms with Gasteiger partial charge >= 0.3 is 0 Å². The van der Waals surface area contributed by atoms with Crippen LogP contribution in [0.25, 0.3) is 0 Å². The normalized spacial score (nSPS) is 11.5. The van der Waals surface area contributed by atoms with Gasteiger partial charge in [0.2, 0.25) is 11.8 Å². The number of para-hydroxylation sites is 1. The number of benzene rings is 3. The van der Waals surface area contributed by atoms with Crippen molar-refractivity contribution in [3.63, 3.8) is 0 Å². The van der Waals surface area contributed by atoms with Gasteiger partial charge < -0.3 is 10.2 Å². The molecular weight excluding hydrogens is 489 g/mol. The van der Waals surface area contributed by atoms with E-state index in [0.717, 1.165) is 5.56 Å². The third-order valence-corrected chi connectivity index (χ3v) is 6.09. The summed E-state index contributed by atoms with van der Waals surface area (Å²) in [6, 6.07) is 19.5. The van der Waals surface area contributed by atoms with Crippen LogP contribution >= 0.6 is 23.2 Å². The van der Waals surface area contributed by atoms with E-state index in [1.54, 1.807) is 43.3 Å². The Morgan fingerprint density at radius 2 is 1.69 bits per heavy atom. The van der Waals surface area contributed by atoms with Gasteiger partial charge in [0, 0.05) is 41.2 Å². The zero-order valence-electron chi connectivity index (χ0n) is 19.1. The zero-order chi connectivity index (χ0) is 25.4. The van der Waals surface area contributed by atoms with E-state index in [9.17, 15) is 19.7 Å². The predicted molar refractivity (Wildman–Crippen MR) is 136 cm³/mol. The van der Waals surface area contributed by atoms with Crippen molar-refractivity contribution in [2.45, 2.75) is 32.4 Å². The molecule has 0 bridgehead atoms. The highest BCUT2D eigenvalue weighted by Gasteiger charge is 2.31. The highest BCUT2D eigenvalue weighted by Crippen LogP contribution is 2.25. The van der Waals surface area contributed by atoms with Crippen molar-refractivity contribution < 1.29 is 14.5 Å². The number of carbonyl (C=O) groups excluding carboxylic acids is 2. The molecule has 0 aliphatic rings. The average molecular weight is 514 g/mol. The first-order chi connectivity index (χ1) is 16.8. The number of amides is 2. The minimum Gasteiger partial charge on any atom is -0.355 e. The van der Waals surface area contributed by atoms with Crippen molar-refractivity contribution >= 4 is 40.7 Å². The number of nitro groups is 1. The van der Waals surface area contributed by atoms with Crippen LogP contribution in [-0.2, 0) is 29.0 Å². The summed E-state index contributed by atoms with van der Waals surface area (Å²) in [5.74, 6) is -0.755. The molecule has 0 aliphatic heterocycles. The van der Waals surface area contributed by atoms with Gasteiger partial charge in [0.25, 0.3) is 5.69 Å². The maximum atomic E-state index is 13.7. The largest absolute Gasteiger partial charge is 0.355 e. The van der Waals surface area contributed by atoms with Crippen LogP contribution in [0.4, 0.5) is 5.69 Å². The lowest BCUT2D eigenvalue weighted by Crippen LogP contribution is -2.51.